The van der Waals surface area contributed by atoms with Crippen LogP contribution in [0.2, 0.25) is 0 Å². The third kappa shape index (κ3) is 66.0. The number of amides is 1. The van der Waals surface area contributed by atoms with Crippen molar-refractivity contribution in [1.29, 1.82) is 0 Å². The minimum atomic E-state index is -0.669. The summed E-state index contributed by atoms with van der Waals surface area (Å²) in [6.07, 6.45) is 103. The first-order chi connectivity index (χ1) is 39.2. The summed E-state index contributed by atoms with van der Waals surface area (Å²) >= 11 is 0. The van der Waals surface area contributed by atoms with E-state index in [-0.39, 0.29) is 12.5 Å². The lowest BCUT2D eigenvalue weighted by atomic mass is 10.0. The highest BCUT2D eigenvalue weighted by Gasteiger charge is 2.20. The minimum Gasteiger partial charge on any atom is -0.394 e. The fourth-order valence-electron chi connectivity index (χ4n) is 10.6. The first-order valence-electron chi connectivity index (χ1n) is 34.9. The molecule has 0 aromatic rings. The second kappa shape index (κ2) is 69.6. The Bertz CT molecular complexity index is 1430. The fourth-order valence-corrected chi connectivity index (χ4v) is 10.6. The Balaban J connectivity index is 3.48. The molecule has 0 aliphatic heterocycles. The van der Waals surface area contributed by atoms with Crippen molar-refractivity contribution >= 4 is 5.91 Å². The van der Waals surface area contributed by atoms with E-state index < -0.39 is 12.1 Å². The largest absolute Gasteiger partial charge is 0.394 e. The van der Waals surface area contributed by atoms with E-state index in [1.54, 1.807) is 0 Å². The SMILES string of the molecule is CC/C=C\C/C=C\C/C=C\C/C=C\C/C=C\C/C=C\C/C=C\C/C=C\CCCCCCCCCCCCC(=O)NC(CO)C(O)CCCCCCCCCCCCCCCCCCCCCCCCCCCCCCCCCC. The molecule has 0 heterocycles. The number of carbonyl (C=O) groups is 1. The van der Waals surface area contributed by atoms with Crippen LogP contribution in [0.1, 0.15) is 354 Å². The molecule has 4 nitrogen and oxygen atoms in total. The van der Waals surface area contributed by atoms with Crippen LogP contribution in [0.3, 0.4) is 0 Å². The molecular formula is C75H135NO3. The zero-order valence-electron chi connectivity index (χ0n) is 52.9. The number of aliphatic hydroxyl groups excluding tert-OH is 2. The highest BCUT2D eigenvalue weighted by Crippen LogP contribution is 2.19. The predicted octanol–water partition coefficient (Wildman–Crippen LogP) is 24.0. The van der Waals surface area contributed by atoms with Crippen molar-refractivity contribution in [3.63, 3.8) is 0 Å². The number of hydrogen-bond acceptors (Lipinski definition) is 3. The van der Waals surface area contributed by atoms with Gasteiger partial charge < -0.3 is 15.5 Å². The molecule has 0 saturated heterocycles. The molecule has 2 unspecified atom stereocenters. The summed E-state index contributed by atoms with van der Waals surface area (Å²) in [5, 5.41) is 23.5. The summed E-state index contributed by atoms with van der Waals surface area (Å²) in [5.41, 5.74) is 0. The summed E-state index contributed by atoms with van der Waals surface area (Å²) in [7, 11) is 0. The van der Waals surface area contributed by atoms with Gasteiger partial charge in [0.2, 0.25) is 5.91 Å². The van der Waals surface area contributed by atoms with Crippen molar-refractivity contribution < 1.29 is 15.0 Å². The number of aliphatic hydroxyl groups is 2. The van der Waals surface area contributed by atoms with Crippen LogP contribution >= 0.6 is 0 Å². The van der Waals surface area contributed by atoms with Gasteiger partial charge in [-0.15, -0.1) is 0 Å². The Morgan fingerprint density at radius 1 is 0.316 bits per heavy atom. The highest BCUT2D eigenvalue weighted by molar-refractivity contribution is 5.76. The molecule has 458 valence electrons. The lowest BCUT2D eigenvalue weighted by molar-refractivity contribution is -0.123. The van der Waals surface area contributed by atoms with Gasteiger partial charge in [0.1, 0.15) is 0 Å². The van der Waals surface area contributed by atoms with Crippen LogP contribution in [0.15, 0.2) is 97.2 Å². The second-order valence-corrected chi connectivity index (χ2v) is 23.6. The van der Waals surface area contributed by atoms with Crippen LogP contribution in [0.5, 0.6) is 0 Å². The van der Waals surface area contributed by atoms with Gasteiger partial charge >= 0.3 is 0 Å². The zero-order chi connectivity index (χ0) is 56.9. The Hall–Kier alpha value is -2.69. The van der Waals surface area contributed by atoms with Crippen LogP contribution in [0.25, 0.3) is 0 Å². The van der Waals surface area contributed by atoms with Crippen LogP contribution in [0.4, 0.5) is 0 Å². The van der Waals surface area contributed by atoms with E-state index in [4.69, 9.17) is 0 Å². The summed E-state index contributed by atoms with van der Waals surface area (Å²) in [5.74, 6) is -0.0349. The van der Waals surface area contributed by atoms with Crippen molar-refractivity contribution in [2.45, 2.75) is 366 Å². The van der Waals surface area contributed by atoms with Crippen molar-refractivity contribution in [3.8, 4) is 0 Å². The smallest absolute Gasteiger partial charge is 0.220 e. The van der Waals surface area contributed by atoms with Gasteiger partial charge in [0.25, 0.3) is 0 Å². The molecule has 0 spiro atoms. The number of unbranched alkanes of at least 4 members (excludes halogenated alkanes) is 41. The van der Waals surface area contributed by atoms with E-state index in [2.05, 4.69) is 116 Å². The Labute approximate surface area is 494 Å². The third-order valence-electron chi connectivity index (χ3n) is 15.9. The van der Waals surface area contributed by atoms with Crippen molar-refractivity contribution in [2.24, 2.45) is 0 Å². The average Bonchev–Trinajstić information content (AvgIpc) is 3.45. The molecule has 4 heteroatoms. The van der Waals surface area contributed by atoms with E-state index in [1.807, 2.05) is 0 Å². The maximum atomic E-state index is 12.6. The second-order valence-electron chi connectivity index (χ2n) is 23.6. The quantitative estimate of drug-likeness (QED) is 0.0420. The lowest BCUT2D eigenvalue weighted by Gasteiger charge is -2.22. The van der Waals surface area contributed by atoms with Crippen molar-refractivity contribution in [3.05, 3.63) is 97.2 Å². The summed E-state index contributed by atoms with van der Waals surface area (Å²) in [4.78, 5) is 12.6. The Kier molecular flexibility index (Phi) is 67.2. The standard InChI is InChI=1S/C75H135NO3/c1-3-5-7-9-11-13-15-17-19-21-23-25-27-29-31-33-35-37-38-39-41-43-45-47-49-51-53-55-57-59-61-63-65-67-69-71-75(79)76-73(72-77)74(78)70-68-66-64-62-60-58-56-54-52-50-48-46-44-42-40-36-34-32-30-28-26-24-22-20-18-16-14-12-10-8-6-4-2/h5,7,11,13,17,19,23,25,29,31,35,37,39,41,45,47,73-74,77-78H,3-4,6,8-10,12,14-16,18,20-22,24,26-28,30,32-34,36,38,40,42-44,46,48-72H2,1-2H3,(H,76,79)/b7-5-,13-11-,19-17-,25-23-,31-29-,37-35-,41-39-,47-45-. The molecule has 0 aliphatic rings. The molecule has 0 bridgehead atoms. The van der Waals surface area contributed by atoms with E-state index in [9.17, 15) is 15.0 Å². The maximum absolute atomic E-state index is 12.6. The minimum absolute atomic E-state index is 0.0349. The fraction of sp³-hybridized carbons (Fsp3) is 0.773. The summed E-state index contributed by atoms with van der Waals surface area (Å²) in [6.45, 7) is 4.27. The molecule has 0 saturated carbocycles. The van der Waals surface area contributed by atoms with Crippen LogP contribution in [0, 0.1) is 0 Å². The maximum Gasteiger partial charge on any atom is 0.220 e. The normalized spacial score (nSPS) is 13.3. The van der Waals surface area contributed by atoms with E-state index >= 15 is 0 Å². The van der Waals surface area contributed by atoms with Crippen LogP contribution in [-0.2, 0) is 4.79 Å². The van der Waals surface area contributed by atoms with Crippen LogP contribution in [-0.4, -0.2) is 34.9 Å². The Morgan fingerprint density at radius 2 is 0.557 bits per heavy atom. The molecular weight excluding hydrogens is 963 g/mol. The first kappa shape index (κ1) is 76.3. The van der Waals surface area contributed by atoms with Gasteiger partial charge in [-0.2, -0.15) is 0 Å². The molecule has 1 amide bonds. The van der Waals surface area contributed by atoms with Crippen LogP contribution < -0.4 is 5.32 Å². The van der Waals surface area contributed by atoms with Crippen molar-refractivity contribution in [2.75, 3.05) is 6.61 Å². The summed E-state index contributed by atoms with van der Waals surface area (Å²) < 4.78 is 0. The lowest BCUT2D eigenvalue weighted by Crippen LogP contribution is -2.45. The molecule has 79 heavy (non-hydrogen) atoms. The topological polar surface area (TPSA) is 69.6 Å². The van der Waals surface area contributed by atoms with Gasteiger partial charge in [0, 0.05) is 6.42 Å². The first-order valence-corrected chi connectivity index (χ1v) is 34.9. The molecule has 0 radical (unpaired) electrons. The van der Waals surface area contributed by atoms with Gasteiger partial charge in [-0.1, -0.05) is 368 Å². The number of carbonyl (C=O) groups excluding carboxylic acids is 1. The third-order valence-corrected chi connectivity index (χ3v) is 15.9. The number of allylic oxidation sites excluding steroid dienone is 16. The molecule has 0 aromatic carbocycles. The number of hydrogen-bond donors (Lipinski definition) is 3. The molecule has 0 fully saturated rings. The van der Waals surface area contributed by atoms with Gasteiger partial charge in [-0.25, -0.2) is 0 Å². The van der Waals surface area contributed by atoms with E-state index in [0.717, 1.165) is 77.0 Å². The van der Waals surface area contributed by atoms with Gasteiger partial charge in [-0.3, -0.25) is 4.79 Å². The van der Waals surface area contributed by atoms with Crippen molar-refractivity contribution in [1.82, 2.24) is 5.32 Å². The molecule has 0 aromatic heterocycles. The highest BCUT2D eigenvalue weighted by atomic mass is 16.3. The molecule has 0 aliphatic carbocycles. The molecule has 0 rings (SSSR count). The predicted molar refractivity (Wildman–Crippen MR) is 354 cm³/mol. The monoisotopic (exact) mass is 1100 g/mol. The summed E-state index contributed by atoms with van der Waals surface area (Å²) in [6, 6.07) is -0.547. The van der Waals surface area contributed by atoms with Gasteiger partial charge in [-0.05, 0) is 77.0 Å². The van der Waals surface area contributed by atoms with E-state index in [0.29, 0.717) is 12.8 Å². The zero-order valence-corrected chi connectivity index (χ0v) is 52.9. The molecule has 2 atom stereocenters. The van der Waals surface area contributed by atoms with E-state index in [1.165, 1.54) is 250 Å². The number of nitrogens with one attached hydrogen (secondary N) is 1. The van der Waals surface area contributed by atoms with Gasteiger partial charge in [0.05, 0.1) is 18.8 Å². The van der Waals surface area contributed by atoms with Gasteiger partial charge in [0.15, 0.2) is 0 Å². The Morgan fingerprint density at radius 3 is 0.835 bits per heavy atom. The number of rotatable bonds is 64. The molecule has 3 N–H and O–H groups in total. The average molecular weight is 1100 g/mol.